The van der Waals surface area contributed by atoms with Crippen LogP contribution in [0, 0.1) is 12.8 Å². The Morgan fingerprint density at radius 2 is 2.23 bits per heavy atom. The topological polar surface area (TPSA) is 115 Å². The first-order valence-electron chi connectivity index (χ1n) is 8.38. The summed E-state index contributed by atoms with van der Waals surface area (Å²) in [6.07, 6.45) is 4.32. The van der Waals surface area contributed by atoms with Crippen molar-refractivity contribution < 1.29 is 9.59 Å². The van der Waals surface area contributed by atoms with Crippen LogP contribution in [0.25, 0.3) is 5.78 Å². The predicted molar refractivity (Wildman–Crippen MR) is 97.5 cm³/mol. The van der Waals surface area contributed by atoms with E-state index in [2.05, 4.69) is 27.3 Å². The molecule has 0 spiro atoms. The molecule has 0 saturated heterocycles. The molecule has 3 N–H and O–H groups in total. The summed E-state index contributed by atoms with van der Waals surface area (Å²) in [5, 5.41) is 7.45. The highest BCUT2D eigenvalue weighted by molar-refractivity contribution is 7.17. The molecule has 9 heteroatoms. The normalized spacial score (nSPS) is 16.5. The minimum atomic E-state index is -0.521. The molecule has 3 heterocycles. The van der Waals surface area contributed by atoms with E-state index < -0.39 is 11.8 Å². The maximum absolute atomic E-state index is 12.6. The number of amides is 2. The molecule has 1 aliphatic carbocycles. The maximum atomic E-state index is 12.6. The van der Waals surface area contributed by atoms with Gasteiger partial charge in [0.15, 0.2) is 0 Å². The lowest BCUT2D eigenvalue weighted by Crippen LogP contribution is -2.20. The highest BCUT2D eigenvalue weighted by Crippen LogP contribution is 2.39. The number of carbonyl (C=O) groups is 2. The van der Waals surface area contributed by atoms with Crippen molar-refractivity contribution in [3.8, 4) is 0 Å². The molecule has 4 rings (SSSR count). The average Bonchev–Trinajstić information content (AvgIpc) is 3.16. The summed E-state index contributed by atoms with van der Waals surface area (Å²) < 4.78 is 1.50. The Bertz CT molecular complexity index is 1040. The molecule has 1 aliphatic rings. The summed E-state index contributed by atoms with van der Waals surface area (Å²) in [4.78, 5) is 34.0. The van der Waals surface area contributed by atoms with Crippen molar-refractivity contribution in [3.05, 3.63) is 39.8 Å². The van der Waals surface area contributed by atoms with Crippen molar-refractivity contribution in [2.75, 3.05) is 5.32 Å². The SMILES string of the molecule is Cc1ccnc2nc(C(=O)Nc3sc4c(c3C(N)=O)CCC(C)C4)nn12. The smallest absolute Gasteiger partial charge is 0.296 e. The zero-order valence-corrected chi connectivity index (χ0v) is 15.3. The molecule has 8 nitrogen and oxygen atoms in total. The number of hydrogen-bond donors (Lipinski definition) is 2. The van der Waals surface area contributed by atoms with Gasteiger partial charge in [0.2, 0.25) is 5.82 Å². The molecule has 26 heavy (non-hydrogen) atoms. The van der Waals surface area contributed by atoms with Crippen LogP contribution in [-0.2, 0) is 12.8 Å². The van der Waals surface area contributed by atoms with Crippen molar-refractivity contribution in [2.45, 2.75) is 33.1 Å². The van der Waals surface area contributed by atoms with E-state index in [1.807, 2.05) is 6.92 Å². The zero-order chi connectivity index (χ0) is 18.4. The number of hydrogen-bond acceptors (Lipinski definition) is 6. The molecule has 2 amide bonds. The van der Waals surface area contributed by atoms with Crippen molar-refractivity contribution in [1.29, 1.82) is 0 Å². The third-order valence-corrected chi connectivity index (χ3v) is 5.79. The second kappa shape index (κ2) is 6.17. The Morgan fingerprint density at radius 3 is 2.96 bits per heavy atom. The summed E-state index contributed by atoms with van der Waals surface area (Å²) in [5.74, 6) is -0.0945. The van der Waals surface area contributed by atoms with Crippen molar-refractivity contribution >= 4 is 33.9 Å². The molecule has 0 radical (unpaired) electrons. The fraction of sp³-hybridized carbons (Fsp3) is 0.353. The van der Waals surface area contributed by atoms with Crippen LogP contribution in [-0.4, -0.2) is 31.4 Å². The molecule has 1 atom stereocenters. The largest absolute Gasteiger partial charge is 0.365 e. The number of nitrogens with one attached hydrogen (secondary N) is 1. The quantitative estimate of drug-likeness (QED) is 0.731. The molecule has 3 aromatic heterocycles. The van der Waals surface area contributed by atoms with E-state index in [1.165, 1.54) is 15.9 Å². The van der Waals surface area contributed by atoms with E-state index in [9.17, 15) is 9.59 Å². The Balaban J connectivity index is 1.69. The van der Waals surface area contributed by atoms with Gasteiger partial charge in [-0.2, -0.15) is 4.98 Å². The van der Waals surface area contributed by atoms with Crippen LogP contribution in [0.3, 0.4) is 0 Å². The summed E-state index contributed by atoms with van der Waals surface area (Å²) in [6, 6.07) is 1.78. The van der Waals surface area contributed by atoms with Crippen LogP contribution in [0.1, 0.15) is 50.5 Å². The lowest BCUT2D eigenvalue weighted by Gasteiger charge is -2.18. The summed E-state index contributed by atoms with van der Waals surface area (Å²) in [5.41, 5.74) is 7.79. The van der Waals surface area contributed by atoms with Gasteiger partial charge in [-0.05, 0) is 43.7 Å². The monoisotopic (exact) mass is 370 g/mol. The highest BCUT2D eigenvalue weighted by Gasteiger charge is 2.28. The van der Waals surface area contributed by atoms with Crippen molar-refractivity contribution in [1.82, 2.24) is 19.6 Å². The minimum absolute atomic E-state index is 0.00182. The van der Waals surface area contributed by atoms with Gasteiger partial charge in [-0.1, -0.05) is 6.92 Å². The molecule has 0 aliphatic heterocycles. The number of aromatic nitrogens is 4. The van der Waals surface area contributed by atoms with Crippen molar-refractivity contribution in [2.24, 2.45) is 11.7 Å². The number of thiophene rings is 1. The van der Waals surface area contributed by atoms with Gasteiger partial charge in [-0.3, -0.25) is 9.59 Å². The van der Waals surface area contributed by atoms with Crippen LogP contribution >= 0.6 is 11.3 Å². The second-order valence-electron chi connectivity index (χ2n) is 6.61. The molecular formula is C17H18N6O2S. The second-order valence-corrected chi connectivity index (χ2v) is 7.71. The van der Waals surface area contributed by atoms with Gasteiger partial charge in [-0.25, -0.2) is 9.50 Å². The maximum Gasteiger partial charge on any atom is 0.296 e. The standard InChI is InChI=1S/C17H18N6O2S/c1-8-3-4-10-11(7-8)26-16(12(10)13(18)24)21-15(25)14-20-17-19-6-5-9(2)23(17)22-14/h5-6,8H,3-4,7H2,1-2H3,(H2,18,24)(H,21,25). The molecule has 0 saturated carbocycles. The van der Waals surface area contributed by atoms with Gasteiger partial charge >= 0.3 is 0 Å². The Kier molecular flexibility index (Phi) is 3.95. The molecule has 3 aromatic rings. The van der Waals surface area contributed by atoms with E-state index in [0.717, 1.165) is 35.4 Å². The minimum Gasteiger partial charge on any atom is -0.365 e. The van der Waals surface area contributed by atoms with Crippen molar-refractivity contribution in [3.63, 3.8) is 0 Å². The zero-order valence-electron chi connectivity index (χ0n) is 14.4. The molecule has 0 fully saturated rings. The van der Waals surface area contributed by atoms with Gasteiger partial charge in [0.1, 0.15) is 5.00 Å². The van der Waals surface area contributed by atoms with E-state index in [4.69, 9.17) is 5.73 Å². The first kappa shape index (κ1) is 16.6. The van der Waals surface area contributed by atoms with Crippen LogP contribution in [0.15, 0.2) is 12.3 Å². The molecule has 1 unspecified atom stereocenters. The van der Waals surface area contributed by atoms with Gasteiger partial charge in [0.05, 0.1) is 5.56 Å². The van der Waals surface area contributed by atoms with E-state index >= 15 is 0 Å². The van der Waals surface area contributed by atoms with Gasteiger partial charge in [0.25, 0.3) is 17.6 Å². The van der Waals surface area contributed by atoms with Crippen LogP contribution in [0.4, 0.5) is 5.00 Å². The lowest BCUT2D eigenvalue weighted by molar-refractivity contribution is 0.1000. The third kappa shape index (κ3) is 2.74. The number of fused-ring (bicyclic) bond motifs is 2. The average molecular weight is 370 g/mol. The van der Waals surface area contributed by atoms with Crippen LogP contribution < -0.4 is 11.1 Å². The fourth-order valence-electron chi connectivity index (χ4n) is 3.26. The summed E-state index contributed by atoms with van der Waals surface area (Å²) in [7, 11) is 0. The number of primary amides is 1. The highest BCUT2D eigenvalue weighted by atomic mass is 32.1. The van der Waals surface area contributed by atoms with Gasteiger partial charge < -0.3 is 11.1 Å². The van der Waals surface area contributed by atoms with Crippen LogP contribution in [0.2, 0.25) is 0 Å². The lowest BCUT2D eigenvalue weighted by atomic mass is 9.88. The predicted octanol–water partition coefficient (Wildman–Crippen LogP) is 1.97. The van der Waals surface area contributed by atoms with E-state index in [0.29, 0.717) is 22.3 Å². The van der Waals surface area contributed by atoms with Gasteiger partial charge in [0, 0.05) is 16.8 Å². The molecular weight excluding hydrogens is 352 g/mol. The number of carbonyl (C=O) groups excluding carboxylic acids is 2. The van der Waals surface area contributed by atoms with E-state index in [1.54, 1.807) is 12.3 Å². The number of nitrogens with two attached hydrogens (primary N) is 1. The van der Waals surface area contributed by atoms with Gasteiger partial charge in [-0.15, -0.1) is 16.4 Å². The first-order chi connectivity index (χ1) is 12.4. The number of aryl methyl sites for hydroxylation is 1. The summed E-state index contributed by atoms with van der Waals surface area (Å²) in [6.45, 7) is 4.03. The molecule has 0 aromatic carbocycles. The number of rotatable bonds is 3. The van der Waals surface area contributed by atoms with Crippen LogP contribution in [0.5, 0.6) is 0 Å². The first-order valence-corrected chi connectivity index (χ1v) is 9.19. The van der Waals surface area contributed by atoms with E-state index in [-0.39, 0.29) is 5.82 Å². The molecule has 0 bridgehead atoms. The Morgan fingerprint density at radius 1 is 1.42 bits per heavy atom. The Labute approximate surface area is 153 Å². The number of nitrogens with zero attached hydrogens (tertiary/aromatic N) is 4. The third-order valence-electron chi connectivity index (χ3n) is 4.62. The number of anilines is 1. The fourth-order valence-corrected chi connectivity index (χ4v) is 4.67. The molecule has 134 valence electrons. The summed E-state index contributed by atoms with van der Waals surface area (Å²) >= 11 is 1.42. The Hall–Kier alpha value is -2.81.